The lowest BCUT2D eigenvalue weighted by molar-refractivity contribution is -0.924. The van der Waals surface area contributed by atoms with Crippen molar-refractivity contribution in [2.45, 2.75) is 25.4 Å². The third-order valence-electron chi connectivity index (χ3n) is 5.58. The molecule has 2 unspecified atom stereocenters. The van der Waals surface area contributed by atoms with Crippen LogP contribution in [-0.2, 0) is 13.1 Å². The lowest BCUT2D eigenvalue weighted by atomic mass is 9.83. The topological polar surface area (TPSA) is 29.7 Å². The Morgan fingerprint density at radius 1 is 1.12 bits per heavy atom. The van der Waals surface area contributed by atoms with E-state index in [1.807, 2.05) is 10.6 Å². The molecule has 2 aliphatic heterocycles. The Morgan fingerprint density at radius 2 is 1.88 bits per heavy atom. The molecule has 0 spiro atoms. The van der Waals surface area contributed by atoms with Crippen molar-refractivity contribution in [3.63, 3.8) is 0 Å². The Bertz CT molecular complexity index is 784. The monoisotopic (exact) mass is 359 g/mol. The molecule has 1 aromatic carbocycles. The van der Waals surface area contributed by atoms with Crippen molar-refractivity contribution in [2.75, 3.05) is 32.1 Å². The predicted octanol–water partition coefficient (Wildman–Crippen LogP) is -1.88. The minimum atomic E-state index is 0. The first-order chi connectivity index (χ1) is 11.6. The molecule has 1 fully saturated rings. The fourth-order valence-electron chi connectivity index (χ4n) is 4.46. The van der Waals surface area contributed by atoms with Gasteiger partial charge in [0.2, 0.25) is 0 Å². The first kappa shape index (κ1) is 18.0. The first-order valence-electron chi connectivity index (χ1n) is 8.90. The number of aromatic nitrogens is 1. The molecular formula is C20H26ClN3O. The average molecular weight is 360 g/mol. The number of hydrogen-bond donors (Lipinski definition) is 1. The van der Waals surface area contributed by atoms with Gasteiger partial charge in [-0.2, -0.15) is 0 Å². The Kier molecular flexibility index (Phi) is 5.21. The van der Waals surface area contributed by atoms with Gasteiger partial charge in [-0.1, -0.05) is 18.2 Å². The molecule has 4 rings (SSSR count). The van der Waals surface area contributed by atoms with Gasteiger partial charge in [-0.15, -0.1) is 0 Å². The van der Waals surface area contributed by atoms with Gasteiger partial charge in [0.25, 0.3) is 5.56 Å². The standard InChI is InChI=1S/C20H25N3O.ClH/c1-21(2)18-8-6-15(7-9-18)11-22-12-16-10-17(14-22)19-4-3-5-20(24)23(19)13-16;/h3-9,16-17H,10-14H2,1-2H3;1H/t16-,17?;/m0./s1. The van der Waals surface area contributed by atoms with E-state index in [-0.39, 0.29) is 18.0 Å². The number of nitrogens with zero attached hydrogens (tertiary/aromatic N) is 2. The smallest absolute Gasteiger partial charge is 0.250 e. The van der Waals surface area contributed by atoms with Crippen molar-refractivity contribution >= 4 is 5.69 Å². The van der Waals surface area contributed by atoms with Crippen LogP contribution in [-0.4, -0.2) is 31.8 Å². The zero-order chi connectivity index (χ0) is 16.7. The van der Waals surface area contributed by atoms with E-state index in [1.165, 1.54) is 29.9 Å². The second-order valence-corrected chi connectivity index (χ2v) is 7.59. The zero-order valence-electron chi connectivity index (χ0n) is 14.9. The minimum Gasteiger partial charge on any atom is -1.00 e. The van der Waals surface area contributed by atoms with Gasteiger partial charge in [0, 0.05) is 55.5 Å². The normalized spacial score (nSPS) is 24.2. The summed E-state index contributed by atoms with van der Waals surface area (Å²) in [5.41, 5.74) is 4.07. The first-order valence-corrected chi connectivity index (χ1v) is 8.90. The molecule has 25 heavy (non-hydrogen) atoms. The van der Waals surface area contributed by atoms with Crippen LogP contribution in [0.5, 0.6) is 0 Å². The number of anilines is 1. The molecule has 0 radical (unpaired) electrons. The van der Waals surface area contributed by atoms with E-state index < -0.39 is 0 Å². The third-order valence-corrected chi connectivity index (χ3v) is 5.58. The number of rotatable bonds is 3. The van der Waals surface area contributed by atoms with Gasteiger partial charge in [0.1, 0.15) is 6.54 Å². The summed E-state index contributed by atoms with van der Waals surface area (Å²) in [6.07, 6.45) is 1.24. The van der Waals surface area contributed by atoms with E-state index in [4.69, 9.17) is 0 Å². The maximum absolute atomic E-state index is 12.1. The summed E-state index contributed by atoms with van der Waals surface area (Å²) in [4.78, 5) is 15.9. The summed E-state index contributed by atoms with van der Waals surface area (Å²) in [6, 6.07) is 14.7. The van der Waals surface area contributed by atoms with Gasteiger partial charge in [0.15, 0.2) is 0 Å². The molecule has 3 heterocycles. The summed E-state index contributed by atoms with van der Waals surface area (Å²) in [6.45, 7) is 4.29. The molecule has 2 aromatic rings. The molecule has 0 amide bonds. The van der Waals surface area contributed by atoms with Gasteiger partial charge in [0.05, 0.1) is 13.1 Å². The quantitative estimate of drug-likeness (QED) is 0.695. The molecule has 4 nitrogen and oxygen atoms in total. The number of nitrogens with one attached hydrogen (secondary N) is 1. The summed E-state index contributed by atoms with van der Waals surface area (Å²) in [5, 5.41) is 0. The van der Waals surface area contributed by atoms with Crippen LogP contribution >= 0.6 is 0 Å². The average Bonchev–Trinajstić information content (AvgIpc) is 2.56. The molecular weight excluding hydrogens is 334 g/mol. The van der Waals surface area contributed by atoms with Gasteiger partial charge < -0.3 is 26.8 Å². The van der Waals surface area contributed by atoms with Crippen molar-refractivity contribution in [1.29, 1.82) is 0 Å². The van der Waals surface area contributed by atoms with E-state index >= 15 is 0 Å². The minimum absolute atomic E-state index is 0. The number of pyridine rings is 1. The van der Waals surface area contributed by atoms with Crippen molar-refractivity contribution in [3.8, 4) is 0 Å². The van der Waals surface area contributed by atoms with E-state index in [0.29, 0.717) is 11.8 Å². The Balaban J connectivity index is 0.00000182. The van der Waals surface area contributed by atoms with Gasteiger partial charge >= 0.3 is 0 Å². The summed E-state index contributed by atoms with van der Waals surface area (Å²) in [7, 11) is 4.15. The maximum Gasteiger partial charge on any atom is 0.250 e. The van der Waals surface area contributed by atoms with E-state index in [9.17, 15) is 4.79 Å². The van der Waals surface area contributed by atoms with Gasteiger partial charge in [-0.05, 0) is 24.6 Å². The van der Waals surface area contributed by atoms with Crippen molar-refractivity contribution in [3.05, 3.63) is 64.1 Å². The number of fused-ring (bicyclic) bond motifs is 4. The van der Waals surface area contributed by atoms with Gasteiger partial charge in [-0.25, -0.2) is 0 Å². The number of hydrogen-bond acceptors (Lipinski definition) is 2. The van der Waals surface area contributed by atoms with Crippen LogP contribution in [0.15, 0.2) is 47.3 Å². The highest BCUT2D eigenvalue weighted by molar-refractivity contribution is 5.45. The lowest BCUT2D eigenvalue weighted by Gasteiger charge is -2.40. The van der Waals surface area contributed by atoms with E-state index in [2.05, 4.69) is 49.3 Å². The van der Waals surface area contributed by atoms with Crippen LogP contribution in [0.2, 0.25) is 0 Å². The largest absolute Gasteiger partial charge is 1.00 e. The second kappa shape index (κ2) is 7.22. The molecule has 3 atom stereocenters. The number of quaternary nitrogens is 1. The van der Waals surface area contributed by atoms with Crippen LogP contribution in [0.25, 0.3) is 0 Å². The Morgan fingerprint density at radius 3 is 2.60 bits per heavy atom. The molecule has 1 aromatic heterocycles. The van der Waals surface area contributed by atoms with Crippen LogP contribution in [0.1, 0.15) is 23.6 Å². The van der Waals surface area contributed by atoms with Gasteiger partial charge in [-0.3, -0.25) is 4.79 Å². The summed E-state index contributed by atoms with van der Waals surface area (Å²) < 4.78 is 2.02. The predicted molar refractivity (Wildman–Crippen MR) is 96.7 cm³/mol. The molecule has 5 heteroatoms. The molecule has 2 aliphatic rings. The van der Waals surface area contributed by atoms with Crippen molar-refractivity contribution < 1.29 is 17.3 Å². The van der Waals surface area contributed by atoms with Crippen molar-refractivity contribution in [2.24, 2.45) is 5.92 Å². The second-order valence-electron chi connectivity index (χ2n) is 7.59. The highest BCUT2D eigenvalue weighted by Gasteiger charge is 2.36. The van der Waals surface area contributed by atoms with Crippen LogP contribution in [0, 0.1) is 5.92 Å². The molecule has 134 valence electrons. The Hall–Kier alpha value is -1.78. The highest BCUT2D eigenvalue weighted by atomic mass is 35.5. The van der Waals surface area contributed by atoms with Crippen LogP contribution in [0.4, 0.5) is 5.69 Å². The molecule has 0 aliphatic carbocycles. The lowest BCUT2D eigenvalue weighted by Crippen LogP contribution is -3.13. The maximum atomic E-state index is 12.1. The zero-order valence-corrected chi connectivity index (χ0v) is 15.7. The van der Waals surface area contributed by atoms with Crippen molar-refractivity contribution in [1.82, 2.24) is 4.57 Å². The number of halogens is 1. The SMILES string of the molecule is CN(C)c1ccc(C[NH+]2CC3C[C@H](Cn4c3cccc4=O)C2)cc1.[Cl-]. The number of benzene rings is 1. The molecule has 1 N–H and O–H groups in total. The fourth-order valence-corrected chi connectivity index (χ4v) is 4.46. The number of likely N-dealkylation sites (tertiary alicyclic amines) is 1. The Labute approximate surface area is 155 Å². The van der Waals surface area contributed by atoms with E-state index in [1.54, 1.807) is 11.0 Å². The highest BCUT2D eigenvalue weighted by Crippen LogP contribution is 2.30. The summed E-state index contributed by atoms with van der Waals surface area (Å²) in [5.74, 6) is 1.16. The fraction of sp³-hybridized carbons (Fsp3) is 0.450. The molecule has 2 bridgehead atoms. The molecule has 0 saturated carbocycles. The third kappa shape index (κ3) is 3.60. The van der Waals surface area contributed by atoms with E-state index in [0.717, 1.165) is 19.6 Å². The number of piperidine rings is 1. The van der Waals surface area contributed by atoms with Crippen LogP contribution in [0.3, 0.4) is 0 Å². The summed E-state index contributed by atoms with van der Waals surface area (Å²) >= 11 is 0. The molecule has 1 saturated heterocycles. The van der Waals surface area contributed by atoms with Crippen LogP contribution < -0.4 is 27.8 Å².